The topological polar surface area (TPSA) is 49.4 Å². The Morgan fingerprint density at radius 1 is 0.870 bits per heavy atom. The van der Waals surface area contributed by atoms with Crippen molar-refractivity contribution in [3.05, 3.63) is 71.8 Å². The first kappa shape index (κ1) is 16.9. The van der Waals surface area contributed by atoms with Gasteiger partial charge in [-0.1, -0.05) is 62.4 Å². The van der Waals surface area contributed by atoms with E-state index in [2.05, 4.69) is 5.32 Å². The van der Waals surface area contributed by atoms with Crippen LogP contribution in [-0.2, 0) is 0 Å². The Labute approximate surface area is 137 Å². The van der Waals surface area contributed by atoms with Crippen LogP contribution in [0.2, 0.25) is 0 Å². The molecular formula is C19H22N2O2. The zero-order valence-corrected chi connectivity index (χ0v) is 13.5. The minimum Gasteiger partial charge on any atom is -0.329 e. The lowest BCUT2D eigenvalue weighted by atomic mass is 10.1. The van der Waals surface area contributed by atoms with Gasteiger partial charge in [-0.25, -0.2) is 0 Å². The number of likely N-dealkylation sites (N-methyl/N-ethyl adjacent to an activating group) is 1. The molecule has 0 radical (unpaired) electrons. The van der Waals surface area contributed by atoms with Gasteiger partial charge in [-0.05, 0) is 25.2 Å². The number of nitrogens with one attached hydrogen (secondary N) is 1. The first-order valence-corrected chi connectivity index (χ1v) is 7.86. The maximum absolute atomic E-state index is 12.8. The summed E-state index contributed by atoms with van der Waals surface area (Å²) in [5.74, 6) is -0.342. The smallest absolute Gasteiger partial charge is 0.252 e. The number of amides is 1. The van der Waals surface area contributed by atoms with Crippen molar-refractivity contribution in [2.75, 3.05) is 13.1 Å². The molecule has 0 spiro atoms. The fourth-order valence-electron chi connectivity index (χ4n) is 2.47. The van der Waals surface area contributed by atoms with Gasteiger partial charge >= 0.3 is 0 Å². The van der Waals surface area contributed by atoms with E-state index in [0.717, 1.165) is 0 Å². The van der Waals surface area contributed by atoms with Crippen molar-refractivity contribution in [3.8, 4) is 0 Å². The van der Waals surface area contributed by atoms with E-state index in [-0.39, 0.29) is 11.7 Å². The van der Waals surface area contributed by atoms with Crippen LogP contribution in [0.4, 0.5) is 0 Å². The Balaban J connectivity index is 2.24. The number of nitrogens with zero attached hydrogens (tertiary/aromatic N) is 1. The summed E-state index contributed by atoms with van der Waals surface area (Å²) in [7, 11) is 0. The van der Waals surface area contributed by atoms with Crippen LogP contribution in [0.5, 0.6) is 0 Å². The van der Waals surface area contributed by atoms with Crippen LogP contribution in [0.25, 0.3) is 0 Å². The number of carbonyl (C=O) groups excluding carboxylic acids is 2. The van der Waals surface area contributed by atoms with E-state index in [9.17, 15) is 9.59 Å². The number of benzene rings is 2. The Kier molecular flexibility index (Phi) is 6.06. The van der Waals surface area contributed by atoms with Crippen LogP contribution in [0.15, 0.2) is 60.7 Å². The molecule has 1 amide bonds. The van der Waals surface area contributed by atoms with Crippen molar-refractivity contribution in [3.63, 3.8) is 0 Å². The summed E-state index contributed by atoms with van der Waals surface area (Å²) < 4.78 is 0. The highest BCUT2D eigenvalue weighted by atomic mass is 16.2. The lowest BCUT2D eigenvalue weighted by Gasteiger charge is -2.29. The SMILES string of the molecule is CCN(CC)[C@@H](NC(=O)c1ccccc1)C(=O)c1ccccc1. The normalized spacial score (nSPS) is 12.0. The summed E-state index contributed by atoms with van der Waals surface area (Å²) in [6.07, 6.45) is -0.667. The maximum atomic E-state index is 12.8. The molecule has 0 aliphatic carbocycles. The van der Waals surface area contributed by atoms with E-state index < -0.39 is 6.17 Å². The van der Waals surface area contributed by atoms with Gasteiger partial charge in [0.15, 0.2) is 5.78 Å². The second-order valence-corrected chi connectivity index (χ2v) is 5.19. The summed E-state index contributed by atoms with van der Waals surface area (Å²) in [6.45, 7) is 5.30. The zero-order valence-electron chi connectivity index (χ0n) is 13.5. The van der Waals surface area contributed by atoms with E-state index in [4.69, 9.17) is 0 Å². The highest BCUT2D eigenvalue weighted by molar-refractivity contribution is 6.04. The third-order valence-electron chi connectivity index (χ3n) is 3.79. The van der Waals surface area contributed by atoms with Gasteiger partial charge in [0.25, 0.3) is 5.91 Å². The molecule has 0 aliphatic rings. The molecule has 0 aromatic heterocycles. The maximum Gasteiger partial charge on any atom is 0.252 e. The van der Waals surface area contributed by atoms with Crippen LogP contribution < -0.4 is 5.32 Å². The lowest BCUT2D eigenvalue weighted by Crippen LogP contribution is -2.53. The Bertz CT molecular complexity index is 637. The third-order valence-corrected chi connectivity index (χ3v) is 3.79. The van der Waals surface area contributed by atoms with Gasteiger partial charge in [0.05, 0.1) is 0 Å². The van der Waals surface area contributed by atoms with Gasteiger partial charge < -0.3 is 5.32 Å². The van der Waals surface area contributed by atoms with Gasteiger partial charge in [-0.15, -0.1) is 0 Å². The van der Waals surface area contributed by atoms with Crippen LogP contribution in [-0.4, -0.2) is 35.8 Å². The second kappa shape index (κ2) is 8.25. The highest BCUT2D eigenvalue weighted by Crippen LogP contribution is 2.09. The standard InChI is InChI=1S/C19H22N2O2/c1-3-21(4-2)18(17(22)15-11-7-5-8-12-15)20-19(23)16-13-9-6-10-14-16/h5-14,18H,3-4H2,1-2H3,(H,20,23)/t18-/m1/s1. The summed E-state index contributed by atoms with van der Waals surface area (Å²) in [5, 5.41) is 2.87. The fourth-order valence-corrected chi connectivity index (χ4v) is 2.47. The number of ketones is 1. The molecular weight excluding hydrogens is 288 g/mol. The number of carbonyl (C=O) groups is 2. The van der Waals surface area contributed by atoms with E-state index in [1.807, 2.05) is 43.0 Å². The van der Waals surface area contributed by atoms with Gasteiger partial charge in [0.1, 0.15) is 6.17 Å². The number of rotatable bonds is 7. The highest BCUT2D eigenvalue weighted by Gasteiger charge is 2.27. The summed E-state index contributed by atoms with van der Waals surface area (Å²) in [5.41, 5.74) is 1.14. The van der Waals surface area contributed by atoms with E-state index >= 15 is 0 Å². The second-order valence-electron chi connectivity index (χ2n) is 5.19. The number of hydrogen-bond donors (Lipinski definition) is 1. The molecule has 0 saturated carbocycles. The molecule has 2 aromatic rings. The Morgan fingerprint density at radius 2 is 1.35 bits per heavy atom. The molecule has 4 heteroatoms. The predicted molar refractivity (Wildman–Crippen MR) is 91.4 cm³/mol. The summed E-state index contributed by atoms with van der Waals surface area (Å²) >= 11 is 0. The van der Waals surface area contributed by atoms with Crippen LogP contribution >= 0.6 is 0 Å². The van der Waals surface area contributed by atoms with Crippen molar-refractivity contribution < 1.29 is 9.59 Å². The summed E-state index contributed by atoms with van der Waals surface area (Å²) in [4.78, 5) is 27.2. The van der Waals surface area contributed by atoms with Crippen molar-refractivity contribution in [1.29, 1.82) is 0 Å². The molecule has 0 unspecified atom stereocenters. The van der Waals surface area contributed by atoms with Crippen molar-refractivity contribution in [2.45, 2.75) is 20.0 Å². The van der Waals surface area contributed by atoms with Crippen LogP contribution in [0.1, 0.15) is 34.6 Å². The molecule has 120 valence electrons. The van der Waals surface area contributed by atoms with Gasteiger partial charge in [0.2, 0.25) is 0 Å². The molecule has 0 aliphatic heterocycles. The zero-order chi connectivity index (χ0) is 16.7. The molecule has 23 heavy (non-hydrogen) atoms. The monoisotopic (exact) mass is 310 g/mol. The Morgan fingerprint density at radius 3 is 1.83 bits per heavy atom. The average Bonchev–Trinajstić information content (AvgIpc) is 2.62. The molecule has 0 fully saturated rings. The molecule has 2 aromatic carbocycles. The summed E-state index contributed by atoms with van der Waals surface area (Å²) in [6, 6.07) is 18.0. The van der Waals surface area contributed by atoms with Crippen molar-refractivity contribution >= 4 is 11.7 Å². The van der Waals surface area contributed by atoms with Crippen LogP contribution in [0.3, 0.4) is 0 Å². The number of hydrogen-bond acceptors (Lipinski definition) is 3. The molecule has 2 rings (SSSR count). The Hall–Kier alpha value is -2.46. The predicted octanol–water partition coefficient (Wildman–Crippen LogP) is 2.97. The largest absolute Gasteiger partial charge is 0.329 e. The molecule has 4 nitrogen and oxygen atoms in total. The minimum absolute atomic E-state index is 0.0985. The van der Waals surface area contributed by atoms with Crippen LogP contribution in [0, 0.1) is 0 Å². The quantitative estimate of drug-likeness (QED) is 0.632. The first-order valence-electron chi connectivity index (χ1n) is 7.86. The minimum atomic E-state index is -0.667. The molecule has 0 heterocycles. The first-order chi connectivity index (χ1) is 11.2. The fraction of sp³-hybridized carbons (Fsp3) is 0.263. The number of Topliss-reactive ketones (excluding diaryl/α,β-unsaturated/α-hetero) is 1. The molecule has 1 N–H and O–H groups in total. The van der Waals surface area contributed by atoms with Crippen molar-refractivity contribution in [1.82, 2.24) is 10.2 Å². The molecule has 1 atom stereocenters. The van der Waals surface area contributed by atoms with Gasteiger partial charge in [0, 0.05) is 11.1 Å². The van der Waals surface area contributed by atoms with E-state index in [1.165, 1.54) is 0 Å². The van der Waals surface area contributed by atoms with Gasteiger partial charge in [-0.2, -0.15) is 0 Å². The van der Waals surface area contributed by atoms with Crippen molar-refractivity contribution in [2.24, 2.45) is 0 Å². The lowest BCUT2D eigenvalue weighted by molar-refractivity contribution is 0.0705. The van der Waals surface area contributed by atoms with Gasteiger partial charge in [-0.3, -0.25) is 14.5 Å². The average molecular weight is 310 g/mol. The molecule has 0 bridgehead atoms. The van der Waals surface area contributed by atoms with E-state index in [1.54, 1.807) is 36.4 Å². The molecule has 0 saturated heterocycles. The van der Waals surface area contributed by atoms with E-state index in [0.29, 0.717) is 24.2 Å². The third kappa shape index (κ3) is 4.27.